The molecule has 0 aliphatic rings. The maximum Gasteiger partial charge on any atom is 0.321 e. The average molecular weight is 335 g/mol. The number of hydrogen-bond acceptors (Lipinski definition) is 3. The zero-order chi connectivity index (χ0) is 16.8. The number of anilines is 1. The molecule has 0 saturated carbocycles. The Labute approximate surface area is 140 Å². The van der Waals surface area contributed by atoms with E-state index in [0.717, 1.165) is 5.56 Å². The Morgan fingerprint density at radius 1 is 1.22 bits per heavy atom. The van der Waals surface area contributed by atoms with E-state index in [4.69, 9.17) is 16.3 Å². The SMILES string of the molecule is CN(C)C(=O)Nc1ccc(OCCc2ccc(O)cc2)c(Cl)c1. The number of benzene rings is 2. The van der Waals surface area contributed by atoms with Gasteiger partial charge in [0.05, 0.1) is 11.6 Å². The van der Waals surface area contributed by atoms with Crippen LogP contribution in [0.3, 0.4) is 0 Å². The molecule has 0 radical (unpaired) electrons. The van der Waals surface area contributed by atoms with Crippen molar-refractivity contribution in [3.63, 3.8) is 0 Å². The molecule has 2 aromatic rings. The van der Waals surface area contributed by atoms with E-state index in [0.29, 0.717) is 29.5 Å². The third-order valence-corrected chi connectivity index (χ3v) is 3.47. The maximum absolute atomic E-state index is 11.6. The molecule has 0 bridgehead atoms. The lowest BCUT2D eigenvalue weighted by Gasteiger charge is -2.13. The number of amides is 2. The van der Waals surface area contributed by atoms with E-state index in [1.54, 1.807) is 44.4 Å². The largest absolute Gasteiger partial charge is 0.508 e. The van der Waals surface area contributed by atoms with Crippen molar-refractivity contribution in [1.82, 2.24) is 4.90 Å². The van der Waals surface area contributed by atoms with E-state index in [-0.39, 0.29) is 11.8 Å². The Bertz CT molecular complexity index is 672. The Morgan fingerprint density at radius 3 is 2.52 bits per heavy atom. The minimum absolute atomic E-state index is 0.220. The number of phenols is 1. The molecule has 0 aliphatic carbocycles. The molecule has 0 heterocycles. The number of nitrogens with one attached hydrogen (secondary N) is 1. The molecule has 2 rings (SSSR count). The zero-order valence-corrected chi connectivity index (χ0v) is 13.8. The summed E-state index contributed by atoms with van der Waals surface area (Å²) >= 11 is 6.17. The van der Waals surface area contributed by atoms with Crippen LogP contribution in [-0.4, -0.2) is 36.7 Å². The van der Waals surface area contributed by atoms with E-state index in [2.05, 4.69) is 5.32 Å². The normalized spacial score (nSPS) is 10.2. The number of carbonyl (C=O) groups excluding carboxylic acids is 1. The van der Waals surface area contributed by atoms with Crippen LogP contribution in [-0.2, 0) is 6.42 Å². The van der Waals surface area contributed by atoms with Crippen molar-refractivity contribution < 1.29 is 14.6 Å². The van der Waals surface area contributed by atoms with Crippen molar-refractivity contribution in [2.24, 2.45) is 0 Å². The van der Waals surface area contributed by atoms with Crippen molar-refractivity contribution in [2.45, 2.75) is 6.42 Å². The van der Waals surface area contributed by atoms with Gasteiger partial charge in [-0.15, -0.1) is 0 Å². The summed E-state index contributed by atoms with van der Waals surface area (Å²) in [6.07, 6.45) is 0.704. The standard InChI is InChI=1S/C17H19ClN2O3/c1-20(2)17(22)19-13-5-8-16(15(18)11-13)23-10-9-12-3-6-14(21)7-4-12/h3-8,11,21H,9-10H2,1-2H3,(H,19,22). The van der Waals surface area contributed by atoms with Crippen LogP contribution < -0.4 is 10.1 Å². The minimum Gasteiger partial charge on any atom is -0.508 e. The van der Waals surface area contributed by atoms with Gasteiger partial charge in [0.2, 0.25) is 0 Å². The average Bonchev–Trinajstić information content (AvgIpc) is 2.51. The highest BCUT2D eigenvalue weighted by atomic mass is 35.5. The van der Waals surface area contributed by atoms with Gasteiger partial charge in [-0.3, -0.25) is 0 Å². The molecule has 0 aliphatic heterocycles. The van der Waals surface area contributed by atoms with Crippen LogP contribution in [0.25, 0.3) is 0 Å². The number of nitrogens with zero attached hydrogens (tertiary/aromatic N) is 1. The summed E-state index contributed by atoms with van der Waals surface area (Å²) in [5.41, 5.74) is 1.67. The fourth-order valence-corrected chi connectivity index (χ4v) is 2.11. The lowest BCUT2D eigenvalue weighted by molar-refractivity contribution is 0.230. The van der Waals surface area contributed by atoms with Gasteiger partial charge >= 0.3 is 6.03 Å². The molecule has 23 heavy (non-hydrogen) atoms. The Morgan fingerprint density at radius 2 is 1.91 bits per heavy atom. The summed E-state index contributed by atoms with van der Waals surface area (Å²) in [5.74, 6) is 0.807. The van der Waals surface area contributed by atoms with Gasteiger partial charge in [-0.05, 0) is 35.9 Å². The van der Waals surface area contributed by atoms with E-state index >= 15 is 0 Å². The van der Waals surface area contributed by atoms with E-state index < -0.39 is 0 Å². The first-order valence-electron chi connectivity index (χ1n) is 7.14. The number of phenolic OH excluding ortho intramolecular Hbond substituents is 1. The van der Waals surface area contributed by atoms with Gasteiger partial charge in [-0.1, -0.05) is 23.7 Å². The third-order valence-electron chi connectivity index (χ3n) is 3.17. The van der Waals surface area contributed by atoms with Crippen molar-refractivity contribution in [1.29, 1.82) is 0 Å². The molecule has 6 heteroatoms. The number of carbonyl (C=O) groups is 1. The second-order valence-corrected chi connectivity index (χ2v) is 5.64. The molecule has 2 aromatic carbocycles. The maximum atomic E-state index is 11.6. The monoisotopic (exact) mass is 334 g/mol. The van der Waals surface area contributed by atoms with Gasteiger partial charge < -0.3 is 20.1 Å². The van der Waals surface area contributed by atoms with Crippen molar-refractivity contribution in [3.05, 3.63) is 53.1 Å². The topological polar surface area (TPSA) is 61.8 Å². The van der Waals surface area contributed by atoms with E-state index in [9.17, 15) is 9.90 Å². The Hall–Kier alpha value is -2.40. The van der Waals surface area contributed by atoms with Crippen molar-refractivity contribution in [3.8, 4) is 11.5 Å². The van der Waals surface area contributed by atoms with Gasteiger partial charge in [0.15, 0.2) is 0 Å². The molecule has 0 spiro atoms. The first-order chi connectivity index (χ1) is 11.0. The first-order valence-corrected chi connectivity index (χ1v) is 7.52. The summed E-state index contributed by atoms with van der Waals surface area (Å²) in [4.78, 5) is 13.0. The number of hydrogen-bond donors (Lipinski definition) is 2. The molecule has 0 atom stereocenters. The second-order valence-electron chi connectivity index (χ2n) is 5.23. The summed E-state index contributed by atoms with van der Waals surface area (Å²) in [6.45, 7) is 0.466. The lowest BCUT2D eigenvalue weighted by Crippen LogP contribution is -2.27. The van der Waals surface area contributed by atoms with Gasteiger partial charge in [-0.25, -0.2) is 4.79 Å². The number of urea groups is 1. The quantitative estimate of drug-likeness (QED) is 0.875. The summed E-state index contributed by atoms with van der Waals surface area (Å²) in [5, 5.41) is 12.4. The van der Waals surface area contributed by atoms with Crippen LogP contribution in [0.5, 0.6) is 11.5 Å². The fraction of sp³-hybridized carbons (Fsp3) is 0.235. The number of rotatable bonds is 5. The zero-order valence-electron chi connectivity index (χ0n) is 13.0. The third kappa shape index (κ3) is 5.07. The highest BCUT2D eigenvalue weighted by Crippen LogP contribution is 2.28. The molecule has 0 fully saturated rings. The van der Waals surface area contributed by atoms with Gasteiger partial charge in [-0.2, -0.15) is 0 Å². The highest BCUT2D eigenvalue weighted by Gasteiger charge is 2.07. The van der Waals surface area contributed by atoms with Gasteiger partial charge in [0.1, 0.15) is 11.5 Å². The molecule has 5 nitrogen and oxygen atoms in total. The van der Waals surface area contributed by atoms with Crippen molar-refractivity contribution >= 4 is 23.3 Å². The summed E-state index contributed by atoms with van der Waals surface area (Å²) in [7, 11) is 3.33. The van der Waals surface area contributed by atoms with Crippen LogP contribution in [0.4, 0.5) is 10.5 Å². The predicted octanol–water partition coefficient (Wildman–Crippen LogP) is 3.76. The van der Waals surface area contributed by atoms with Crippen LogP contribution in [0, 0.1) is 0 Å². The number of ether oxygens (including phenoxy) is 1. The summed E-state index contributed by atoms with van der Waals surface area (Å²) < 4.78 is 5.66. The molecule has 0 aromatic heterocycles. The molecule has 122 valence electrons. The first kappa shape index (κ1) is 17.0. The van der Waals surface area contributed by atoms with Gasteiger partial charge in [0, 0.05) is 26.2 Å². The highest BCUT2D eigenvalue weighted by molar-refractivity contribution is 6.32. The predicted molar refractivity (Wildman–Crippen MR) is 91.5 cm³/mol. The Balaban J connectivity index is 1.90. The van der Waals surface area contributed by atoms with E-state index in [1.165, 1.54) is 4.90 Å². The molecule has 0 unspecified atom stereocenters. The molecular formula is C17H19ClN2O3. The van der Waals surface area contributed by atoms with Crippen LogP contribution >= 0.6 is 11.6 Å². The minimum atomic E-state index is -0.220. The lowest BCUT2D eigenvalue weighted by atomic mass is 10.1. The summed E-state index contributed by atoms with van der Waals surface area (Å²) in [6, 6.07) is 11.9. The molecular weight excluding hydrogens is 316 g/mol. The van der Waals surface area contributed by atoms with Crippen molar-refractivity contribution in [2.75, 3.05) is 26.0 Å². The smallest absolute Gasteiger partial charge is 0.321 e. The van der Waals surface area contributed by atoms with Gasteiger partial charge in [0.25, 0.3) is 0 Å². The number of aromatic hydroxyl groups is 1. The second kappa shape index (κ2) is 7.74. The van der Waals surface area contributed by atoms with Crippen LogP contribution in [0.2, 0.25) is 5.02 Å². The number of halogens is 1. The fourth-order valence-electron chi connectivity index (χ4n) is 1.87. The molecule has 2 amide bonds. The van der Waals surface area contributed by atoms with Crippen LogP contribution in [0.15, 0.2) is 42.5 Å². The van der Waals surface area contributed by atoms with E-state index in [1.807, 2.05) is 12.1 Å². The van der Waals surface area contributed by atoms with Crippen LogP contribution in [0.1, 0.15) is 5.56 Å². The molecule has 0 saturated heterocycles. The molecule has 2 N–H and O–H groups in total. The Kier molecular flexibility index (Phi) is 5.71.